The van der Waals surface area contributed by atoms with E-state index in [0.29, 0.717) is 0 Å². The van der Waals surface area contributed by atoms with Crippen molar-refractivity contribution in [3.05, 3.63) is 18.0 Å². The molecule has 0 aliphatic carbocycles. The summed E-state index contributed by atoms with van der Waals surface area (Å²) in [5.74, 6) is 2.65. The molecule has 2 heterocycles. The standard InChI is InChI=1S/C15H25N3/c1-12(2)4-5-14-6-8-18(9-7-14)15-16-10-13(3)11-17-15/h10-12,14H,4-9H2,1-3H3. The third kappa shape index (κ3) is 3.69. The topological polar surface area (TPSA) is 29.0 Å². The lowest BCUT2D eigenvalue weighted by atomic mass is 9.90. The first kappa shape index (κ1) is 13.3. The van der Waals surface area contributed by atoms with Crippen molar-refractivity contribution in [3.63, 3.8) is 0 Å². The molecule has 0 bridgehead atoms. The van der Waals surface area contributed by atoms with Gasteiger partial charge in [-0.3, -0.25) is 0 Å². The molecule has 0 saturated carbocycles. The van der Waals surface area contributed by atoms with Crippen LogP contribution in [0.3, 0.4) is 0 Å². The smallest absolute Gasteiger partial charge is 0.225 e. The Kier molecular flexibility index (Phi) is 4.56. The first-order valence-electron chi connectivity index (χ1n) is 7.18. The lowest BCUT2D eigenvalue weighted by Gasteiger charge is -2.32. The van der Waals surface area contributed by atoms with E-state index in [2.05, 4.69) is 28.7 Å². The van der Waals surface area contributed by atoms with Crippen LogP contribution in [-0.2, 0) is 0 Å². The van der Waals surface area contributed by atoms with Crippen molar-refractivity contribution in [2.75, 3.05) is 18.0 Å². The monoisotopic (exact) mass is 247 g/mol. The summed E-state index contributed by atoms with van der Waals surface area (Å²) in [5.41, 5.74) is 1.13. The van der Waals surface area contributed by atoms with Crippen LogP contribution in [0.1, 0.15) is 45.1 Å². The van der Waals surface area contributed by atoms with Gasteiger partial charge in [0, 0.05) is 25.5 Å². The zero-order valence-corrected chi connectivity index (χ0v) is 11.9. The maximum Gasteiger partial charge on any atom is 0.225 e. The fraction of sp³-hybridized carbons (Fsp3) is 0.733. The van der Waals surface area contributed by atoms with Gasteiger partial charge in [-0.1, -0.05) is 26.7 Å². The fourth-order valence-corrected chi connectivity index (χ4v) is 2.54. The molecule has 3 heteroatoms. The summed E-state index contributed by atoms with van der Waals surface area (Å²) in [6.07, 6.45) is 9.17. The molecule has 1 aliphatic heterocycles. The molecule has 0 radical (unpaired) electrons. The molecular formula is C15H25N3. The molecule has 0 spiro atoms. The maximum absolute atomic E-state index is 4.42. The minimum Gasteiger partial charge on any atom is -0.341 e. The second kappa shape index (κ2) is 6.17. The van der Waals surface area contributed by atoms with E-state index in [9.17, 15) is 0 Å². The number of aromatic nitrogens is 2. The Bertz CT molecular complexity index is 351. The van der Waals surface area contributed by atoms with Crippen molar-refractivity contribution < 1.29 is 0 Å². The van der Waals surface area contributed by atoms with Gasteiger partial charge in [0.25, 0.3) is 0 Å². The van der Waals surface area contributed by atoms with Crippen molar-refractivity contribution in [1.82, 2.24) is 9.97 Å². The molecule has 18 heavy (non-hydrogen) atoms. The summed E-state index contributed by atoms with van der Waals surface area (Å²) in [6.45, 7) is 8.89. The SMILES string of the molecule is Cc1cnc(N2CCC(CCC(C)C)CC2)nc1. The number of piperidine rings is 1. The molecule has 1 saturated heterocycles. The van der Waals surface area contributed by atoms with Crippen LogP contribution in [0.2, 0.25) is 0 Å². The average molecular weight is 247 g/mol. The van der Waals surface area contributed by atoms with Gasteiger partial charge >= 0.3 is 0 Å². The molecule has 0 amide bonds. The van der Waals surface area contributed by atoms with Crippen LogP contribution in [0.25, 0.3) is 0 Å². The number of anilines is 1. The van der Waals surface area contributed by atoms with Gasteiger partial charge in [-0.05, 0) is 37.2 Å². The van der Waals surface area contributed by atoms with Gasteiger partial charge in [0.15, 0.2) is 0 Å². The van der Waals surface area contributed by atoms with E-state index in [1.165, 1.54) is 25.7 Å². The van der Waals surface area contributed by atoms with Crippen molar-refractivity contribution in [2.24, 2.45) is 11.8 Å². The first-order chi connectivity index (χ1) is 8.65. The van der Waals surface area contributed by atoms with Gasteiger partial charge in [0.2, 0.25) is 5.95 Å². The second-order valence-electron chi connectivity index (χ2n) is 5.96. The zero-order chi connectivity index (χ0) is 13.0. The number of nitrogens with zero attached hydrogens (tertiary/aromatic N) is 3. The van der Waals surface area contributed by atoms with Gasteiger partial charge in [0.1, 0.15) is 0 Å². The third-order valence-corrected chi connectivity index (χ3v) is 3.82. The normalized spacial score (nSPS) is 17.4. The van der Waals surface area contributed by atoms with Crippen molar-refractivity contribution in [1.29, 1.82) is 0 Å². The Balaban J connectivity index is 1.81. The van der Waals surface area contributed by atoms with Gasteiger partial charge < -0.3 is 4.90 Å². The van der Waals surface area contributed by atoms with Crippen LogP contribution in [0.5, 0.6) is 0 Å². The molecule has 0 N–H and O–H groups in total. The Hall–Kier alpha value is -1.12. The highest BCUT2D eigenvalue weighted by Gasteiger charge is 2.20. The van der Waals surface area contributed by atoms with Gasteiger partial charge in [-0.15, -0.1) is 0 Å². The van der Waals surface area contributed by atoms with E-state index in [1.54, 1.807) is 0 Å². The zero-order valence-electron chi connectivity index (χ0n) is 11.9. The van der Waals surface area contributed by atoms with Gasteiger partial charge in [-0.25, -0.2) is 9.97 Å². The Morgan fingerprint density at radius 1 is 1.22 bits per heavy atom. The summed E-state index contributed by atoms with van der Waals surface area (Å²) in [4.78, 5) is 11.2. The molecule has 1 fully saturated rings. The Morgan fingerprint density at radius 2 is 1.83 bits per heavy atom. The number of hydrogen-bond acceptors (Lipinski definition) is 3. The molecule has 1 aromatic heterocycles. The van der Waals surface area contributed by atoms with Crippen LogP contribution in [0.4, 0.5) is 5.95 Å². The van der Waals surface area contributed by atoms with E-state index in [4.69, 9.17) is 0 Å². The third-order valence-electron chi connectivity index (χ3n) is 3.82. The van der Waals surface area contributed by atoms with Gasteiger partial charge in [-0.2, -0.15) is 0 Å². The van der Waals surface area contributed by atoms with Crippen molar-refractivity contribution in [2.45, 2.75) is 46.5 Å². The predicted octanol–water partition coefficient (Wildman–Crippen LogP) is 3.44. The highest BCUT2D eigenvalue weighted by atomic mass is 15.2. The summed E-state index contributed by atoms with van der Waals surface area (Å²) in [6, 6.07) is 0. The average Bonchev–Trinajstić information content (AvgIpc) is 2.38. The molecule has 100 valence electrons. The van der Waals surface area contributed by atoms with Gasteiger partial charge in [0.05, 0.1) is 0 Å². The number of aryl methyl sites for hydroxylation is 1. The summed E-state index contributed by atoms with van der Waals surface area (Å²) >= 11 is 0. The lowest BCUT2D eigenvalue weighted by Crippen LogP contribution is -2.34. The van der Waals surface area contributed by atoms with Crippen molar-refractivity contribution >= 4 is 5.95 Å². The summed E-state index contributed by atoms with van der Waals surface area (Å²) < 4.78 is 0. The maximum atomic E-state index is 4.42. The minimum absolute atomic E-state index is 0.837. The molecule has 0 aromatic carbocycles. The highest BCUT2D eigenvalue weighted by molar-refractivity contribution is 5.30. The van der Waals surface area contributed by atoms with Crippen molar-refractivity contribution in [3.8, 4) is 0 Å². The largest absolute Gasteiger partial charge is 0.341 e. The van der Waals surface area contributed by atoms with E-state index in [-0.39, 0.29) is 0 Å². The van der Waals surface area contributed by atoms with Crippen LogP contribution in [-0.4, -0.2) is 23.1 Å². The van der Waals surface area contributed by atoms with E-state index >= 15 is 0 Å². The van der Waals surface area contributed by atoms with E-state index < -0.39 is 0 Å². The molecule has 1 aromatic rings. The quantitative estimate of drug-likeness (QED) is 0.816. The fourth-order valence-electron chi connectivity index (χ4n) is 2.54. The Labute approximate surface area is 111 Å². The van der Waals surface area contributed by atoms with Crippen LogP contribution in [0.15, 0.2) is 12.4 Å². The van der Waals surface area contributed by atoms with Crippen LogP contribution in [0, 0.1) is 18.8 Å². The lowest BCUT2D eigenvalue weighted by molar-refractivity contribution is 0.350. The summed E-state index contributed by atoms with van der Waals surface area (Å²) in [7, 11) is 0. The second-order valence-corrected chi connectivity index (χ2v) is 5.96. The molecule has 1 aliphatic rings. The van der Waals surface area contributed by atoms with E-state index in [0.717, 1.165) is 36.4 Å². The molecule has 2 rings (SSSR count). The molecule has 0 atom stereocenters. The minimum atomic E-state index is 0.837. The highest BCUT2D eigenvalue weighted by Crippen LogP contribution is 2.25. The molecular weight excluding hydrogens is 222 g/mol. The number of hydrogen-bond donors (Lipinski definition) is 0. The predicted molar refractivity (Wildman–Crippen MR) is 75.8 cm³/mol. The van der Waals surface area contributed by atoms with E-state index in [1.807, 2.05) is 19.3 Å². The Morgan fingerprint density at radius 3 is 2.39 bits per heavy atom. The molecule has 0 unspecified atom stereocenters. The summed E-state index contributed by atoms with van der Waals surface area (Å²) in [5, 5.41) is 0. The number of rotatable bonds is 4. The van der Waals surface area contributed by atoms with Crippen LogP contribution < -0.4 is 4.90 Å². The molecule has 3 nitrogen and oxygen atoms in total. The first-order valence-corrected chi connectivity index (χ1v) is 7.18. The van der Waals surface area contributed by atoms with Crippen LogP contribution >= 0.6 is 0 Å².